The maximum Gasteiger partial charge on any atom is 0.255 e. The molecular formula is C22H23N5O2. The van der Waals surface area contributed by atoms with Gasteiger partial charge in [-0.05, 0) is 43.5 Å². The maximum absolute atomic E-state index is 12.7. The van der Waals surface area contributed by atoms with Crippen LogP contribution < -0.4 is 10.1 Å². The van der Waals surface area contributed by atoms with Crippen molar-refractivity contribution in [2.45, 2.75) is 19.8 Å². The van der Waals surface area contributed by atoms with E-state index in [0.717, 1.165) is 48.5 Å². The standard InChI is InChI=1S/C22H23N5O2/c1-15-20(21(28)27-9-3-4-10-27)11-18(14-23-15)26-22-24-12-17(13-25-22)16-5-7-19(29-2)8-6-16/h5-8,11-14H,3-4,9-10H2,1-2H3,(H,24,25,26). The van der Waals surface area contributed by atoms with Gasteiger partial charge in [0.15, 0.2) is 0 Å². The highest BCUT2D eigenvalue weighted by molar-refractivity contribution is 5.96. The topological polar surface area (TPSA) is 80.2 Å². The first-order valence-corrected chi connectivity index (χ1v) is 9.63. The summed E-state index contributed by atoms with van der Waals surface area (Å²) in [5, 5.41) is 3.14. The highest BCUT2D eigenvalue weighted by Crippen LogP contribution is 2.23. The molecule has 1 aliphatic rings. The number of benzene rings is 1. The van der Waals surface area contributed by atoms with Gasteiger partial charge in [-0.25, -0.2) is 9.97 Å². The van der Waals surface area contributed by atoms with Crippen LogP contribution in [0, 0.1) is 6.92 Å². The molecule has 0 spiro atoms. The Bertz CT molecular complexity index is 997. The van der Waals surface area contributed by atoms with E-state index in [9.17, 15) is 4.79 Å². The third kappa shape index (κ3) is 4.18. The molecule has 29 heavy (non-hydrogen) atoms. The fourth-order valence-corrected chi connectivity index (χ4v) is 3.36. The average Bonchev–Trinajstić information content (AvgIpc) is 3.30. The molecule has 3 heterocycles. The van der Waals surface area contributed by atoms with E-state index in [4.69, 9.17) is 4.74 Å². The Balaban J connectivity index is 1.50. The molecule has 3 aromatic rings. The van der Waals surface area contributed by atoms with Crippen molar-refractivity contribution in [2.75, 3.05) is 25.5 Å². The van der Waals surface area contributed by atoms with Gasteiger partial charge in [-0.1, -0.05) is 12.1 Å². The van der Waals surface area contributed by atoms with Gasteiger partial charge < -0.3 is 15.0 Å². The van der Waals surface area contributed by atoms with Crippen molar-refractivity contribution in [3.8, 4) is 16.9 Å². The number of carbonyl (C=O) groups excluding carboxylic acids is 1. The number of nitrogens with one attached hydrogen (secondary N) is 1. The Labute approximate surface area is 169 Å². The number of carbonyl (C=O) groups is 1. The summed E-state index contributed by atoms with van der Waals surface area (Å²) in [5.41, 5.74) is 3.95. The number of hydrogen-bond acceptors (Lipinski definition) is 6. The minimum atomic E-state index is 0.0342. The van der Waals surface area contributed by atoms with Gasteiger partial charge in [0.2, 0.25) is 5.95 Å². The van der Waals surface area contributed by atoms with Crippen LogP contribution in [0.2, 0.25) is 0 Å². The van der Waals surface area contributed by atoms with Crippen LogP contribution in [0.25, 0.3) is 11.1 Å². The van der Waals surface area contributed by atoms with Gasteiger partial charge in [0.1, 0.15) is 5.75 Å². The molecular weight excluding hydrogens is 366 g/mol. The SMILES string of the molecule is COc1ccc(-c2cnc(Nc3cnc(C)c(C(=O)N4CCCC4)c3)nc2)cc1. The largest absolute Gasteiger partial charge is 0.497 e. The number of nitrogens with zero attached hydrogens (tertiary/aromatic N) is 4. The van der Waals surface area contributed by atoms with Crippen LogP contribution >= 0.6 is 0 Å². The van der Waals surface area contributed by atoms with Crippen LogP contribution in [-0.2, 0) is 0 Å². The molecule has 0 bridgehead atoms. The summed E-state index contributed by atoms with van der Waals surface area (Å²) >= 11 is 0. The van der Waals surface area contributed by atoms with Crippen molar-refractivity contribution in [1.82, 2.24) is 19.9 Å². The third-order valence-electron chi connectivity index (χ3n) is 5.04. The van der Waals surface area contributed by atoms with Gasteiger partial charge in [-0.2, -0.15) is 0 Å². The number of anilines is 2. The van der Waals surface area contributed by atoms with Crippen molar-refractivity contribution in [2.24, 2.45) is 0 Å². The summed E-state index contributed by atoms with van der Waals surface area (Å²) in [6.07, 6.45) is 7.33. The third-order valence-corrected chi connectivity index (χ3v) is 5.04. The highest BCUT2D eigenvalue weighted by Gasteiger charge is 2.21. The van der Waals surface area contributed by atoms with E-state index in [2.05, 4.69) is 20.3 Å². The molecule has 7 heteroatoms. The van der Waals surface area contributed by atoms with Gasteiger partial charge in [0.25, 0.3) is 5.91 Å². The van der Waals surface area contributed by atoms with E-state index < -0.39 is 0 Å². The van der Waals surface area contributed by atoms with Crippen LogP contribution in [0.5, 0.6) is 5.75 Å². The van der Waals surface area contributed by atoms with E-state index >= 15 is 0 Å². The number of ether oxygens (including phenoxy) is 1. The number of amides is 1. The predicted molar refractivity (Wildman–Crippen MR) is 111 cm³/mol. The first-order valence-electron chi connectivity index (χ1n) is 9.63. The lowest BCUT2D eigenvalue weighted by Crippen LogP contribution is -2.28. The van der Waals surface area contributed by atoms with Crippen molar-refractivity contribution < 1.29 is 9.53 Å². The zero-order chi connectivity index (χ0) is 20.2. The number of aryl methyl sites for hydroxylation is 1. The molecule has 1 amide bonds. The molecule has 7 nitrogen and oxygen atoms in total. The van der Waals surface area contributed by atoms with Gasteiger partial charge in [0.05, 0.1) is 30.3 Å². The first-order chi connectivity index (χ1) is 14.1. The lowest BCUT2D eigenvalue weighted by atomic mass is 10.1. The molecule has 0 unspecified atom stereocenters. The molecule has 1 aromatic carbocycles. The van der Waals surface area contributed by atoms with Crippen LogP contribution in [0.4, 0.5) is 11.6 Å². The zero-order valence-electron chi connectivity index (χ0n) is 16.6. The van der Waals surface area contributed by atoms with Crippen LogP contribution in [-0.4, -0.2) is 46.0 Å². The smallest absolute Gasteiger partial charge is 0.255 e. The lowest BCUT2D eigenvalue weighted by molar-refractivity contribution is 0.0791. The molecule has 1 saturated heterocycles. The number of methoxy groups -OCH3 is 1. The monoisotopic (exact) mass is 389 g/mol. The molecule has 0 aliphatic carbocycles. The van der Waals surface area contributed by atoms with Crippen molar-refractivity contribution >= 4 is 17.5 Å². The van der Waals surface area contributed by atoms with Crippen LogP contribution in [0.3, 0.4) is 0 Å². The fraction of sp³-hybridized carbons (Fsp3) is 0.273. The summed E-state index contributed by atoms with van der Waals surface area (Å²) in [6.45, 7) is 3.48. The van der Waals surface area contributed by atoms with E-state index in [0.29, 0.717) is 17.2 Å². The van der Waals surface area contributed by atoms with Gasteiger partial charge >= 0.3 is 0 Å². The number of hydrogen-bond donors (Lipinski definition) is 1. The maximum atomic E-state index is 12.7. The van der Waals surface area contributed by atoms with Crippen molar-refractivity contribution in [3.63, 3.8) is 0 Å². The summed E-state index contributed by atoms with van der Waals surface area (Å²) in [5.74, 6) is 1.29. The molecule has 4 rings (SSSR count). The Morgan fingerprint density at radius 3 is 2.34 bits per heavy atom. The molecule has 2 aromatic heterocycles. The van der Waals surface area contributed by atoms with E-state index in [1.165, 1.54) is 0 Å². The summed E-state index contributed by atoms with van der Waals surface area (Å²) in [7, 11) is 1.64. The number of pyridine rings is 1. The highest BCUT2D eigenvalue weighted by atomic mass is 16.5. The second-order valence-corrected chi connectivity index (χ2v) is 7.01. The van der Waals surface area contributed by atoms with Gasteiger partial charge in [0, 0.05) is 31.0 Å². The fourth-order valence-electron chi connectivity index (χ4n) is 3.36. The van der Waals surface area contributed by atoms with Crippen molar-refractivity contribution in [3.05, 3.63) is 60.2 Å². The normalized spacial score (nSPS) is 13.4. The molecule has 148 valence electrons. The van der Waals surface area contributed by atoms with E-state index in [1.54, 1.807) is 25.7 Å². The molecule has 0 radical (unpaired) electrons. The summed E-state index contributed by atoms with van der Waals surface area (Å²) in [6, 6.07) is 9.55. The average molecular weight is 389 g/mol. The zero-order valence-corrected chi connectivity index (χ0v) is 16.6. The second kappa shape index (κ2) is 8.26. The Hall–Kier alpha value is -3.48. The quantitative estimate of drug-likeness (QED) is 0.714. The van der Waals surface area contributed by atoms with Crippen LogP contribution in [0.1, 0.15) is 28.9 Å². The molecule has 1 fully saturated rings. The first kappa shape index (κ1) is 18.9. The molecule has 0 saturated carbocycles. The Kier molecular flexibility index (Phi) is 5.37. The number of aromatic nitrogens is 3. The minimum absolute atomic E-state index is 0.0342. The van der Waals surface area contributed by atoms with E-state index in [-0.39, 0.29) is 5.91 Å². The van der Waals surface area contributed by atoms with E-state index in [1.807, 2.05) is 42.2 Å². The lowest BCUT2D eigenvalue weighted by Gasteiger charge is -2.17. The molecule has 1 N–H and O–H groups in total. The predicted octanol–water partition coefficient (Wildman–Crippen LogP) is 3.84. The molecule has 1 aliphatic heterocycles. The van der Waals surface area contributed by atoms with Crippen molar-refractivity contribution in [1.29, 1.82) is 0 Å². The minimum Gasteiger partial charge on any atom is -0.497 e. The van der Waals surface area contributed by atoms with Crippen LogP contribution in [0.15, 0.2) is 48.9 Å². The Morgan fingerprint density at radius 2 is 1.69 bits per heavy atom. The summed E-state index contributed by atoms with van der Waals surface area (Å²) in [4.78, 5) is 27.8. The second-order valence-electron chi connectivity index (χ2n) is 7.01. The van der Waals surface area contributed by atoms with Gasteiger partial charge in [-0.15, -0.1) is 0 Å². The molecule has 0 atom stereocenters. The summed E-state index contributed by atoms with van der Waals surface area (Å²) < 4.78 is 5.18. The number of rotatable bonds is 5. The van der Waals surface area contributed by atoms with Gasteiger partial charge in [-0.3, -0.25) is 9.78 Å². The Morgan fingerprint density at radius 1 is 1.00 bits per heavy atom. The number of likely N-dealkylation sites (tertiary alicyclic amines) is 1.